The summed E-state index contributed by atoms with van der Waals surface area (Å²) in [5.41, 5.74) is 0.805. The molecule has 100 valence electrons. The molecule has 1 aromatic rings. The van der Waals surface area contributed by atoms with E-state index in [1.54, 1.807) is 19.1 Å². The Labute approximate surface area is 106 Å². The summed E-state index contributed by atoms with van der Waals surface area (Å²) in [6.45, 7) is 1.45. The third kappa shape index (κ3) is 3.80. The van der Waals surface area contributed by atoms with Crippen LogP contribution in [0.1, 0.15) is 5.56 Å². The second-order valence-electron chi connectivity index (χ2n) is 3.73. The van der Waals surface area contributed by atoms with Gasteiger partial charge in [-0.15, -0.1) is 0 Å². The second-order valence-corrected chi connectivity index (χ2v) is 5.50. The minimum absolute atomic E-state index is 0.0998. The maximum atomic E-state index is 11.9. The van der Waals surface area contributed by atoms with Crippen molar-refractivity contribution < 1.29 is 23.1 Å². The van der Waals surface area contributed by atoms with E-state index in [1.165, 1.54) is 19.2 Å². The Bertz CT molecular complexity index is 526. The average Bonchev–Trinajstić information content (AvgIpc) is 2.29. The number of sulfonamides is 1. The van der Waals surface area contributed by atoms with E-state index in [2.05, 4.69) is 9.46 Å². The Balaban J connectivity index is 2.80. The van der Waals surface area contributed by atoms with Crippen LogP contribution in [0, 0.1) is 6.92 Å². The van der Waals surface area contributed by atoms with Crippen LogP contribution >= 0.6 is 0 Å². The first kappa shape index (κ1) is 14.6. The van der Waals surface area contributed by atoms with Gasteiger partial charge >= 0.3 is 5.97 Å². The molecule has 0 bridgehead atoms. The summed E-state index contributed by atoms with van der Waals surface area (Å²) in [6, 6.07) is 6.34. The van der Waals surface area contributed by atoms with Gasteiger partial charge in [-0.1, -0.05) is 12.1 Å². The molecular formula is C11H15NO5S. The van der Waals surface area contributed by atoms with Gasteiger partial charge in [0.2, 0.25) is 10.0 Å². The third-order valence-corrected chi connectivity index (χ3v) is 3.74. The Morgan fingerprint density at radius 2 is 2.17 bits per heavy atom. The van der Waals surface area contributed by atoms with Crippen molar-refractivity contribution in [2.45, 2.75) is 17.9 Å². The quantitative estimate of drug-likeness (QED) is 0.781. The van der Waals surface area contributed by atoms with Gasteiger partial charge in [-0.3, -0.25) is 0 Å². The molecule has 1 unspecified atom stereocenters. The van der Waals surface area contributed by atoms with Gasteiger partial charge in [-0.2, -0.15) is 0 Å². The smallest absolute Gasteiger partial charge is 0.334 e. The normalized spacial score (nSPS) is 13.2. The number of aliphatic carboxylic acids is 1. The third-order valence-electron chi connectivity index (χ3n) is 2.32. The van der Waals surface area contributed by atoms with E-state index in [9.17, 15) is 13.2 Å². The molecular weight excluding hydrogens is 258 g/mol. The molecule has 18 heavy (non-hydrogen) atoms. The van der Waals surface area contributed by atoms with Crippen molar-refractivity contribution in [3.8, 4) is 0 Å². The maximum absolute atomic E-state index is 11.9. The molecule has 0 aliphatic heterocycles. The number of nitrogens with one attached hydrogen (secondary N) is 1. The van der Waals surface area contributed by atoms with E-state index in [0.717, 1.165) is 5.56 Å². The number of ether oxygens (including phenoxy) is 1. The highest BCUT2D eigenvalue weighted by Crippen LogP contribution is 2.10. The summed E-state index contributed by atoms with van der Waals surface area (Å²) >= 11 is 0. The average molecular weight is 273 g/mol. The summed E-state index contributed by atoms with van der Waals surface area (Å²) in [6.07, 6.45) is -1.20. The van der Waals surface area contributed by atoms with E-state index in [-0.39, 0.29) is 11.4 Å². The number of hydrogen-bond acceptors (Lipinski definition) is 4. The molecule has 7 heteroatoms. The summed E-state index contributed by atoms with van der Waals surface area (Å²) in [5, 5.41) is 8.72. The minimum Gasteiger partial charge on any atom is -0.479 e. The molecule has 2 N–H and O–H groups in total. The Morgan fingerprint density at radius 1 is 1.50 bits per heavy atom. The Morgan fingerprint density at radius 3 is 2.67 bits per heavy atom. The van der Waals surface area contributed by atoms with Crippen LogP contribution in [-0.4, -0.2) is 39.3 Å². The first-order chi connectivity index (χ1) is 8.36. The van der Waals surface area contributed by atoms with Crippen molar-refractivity contribution in [3.05, 3.63) is 29.8 Å². The second kappa shape index (κ2) is 5.94. The molecule has 0 aromatic heterocycles. The van der Waals surface area contributed by atoms with Gasteiger partial charge in [-0.25, -0.2) is 17.9 Å². The molecule has 1 atom stereocenters. The summed E-state index contributed by atoms with van der Waals surface area (Å²) < 4.78 is 30.6. The molecule has 0 radical (unpaired) electrons. The number of carboxylic acid groups (broad SMARTS) is 1. The number of carbonyl (C=O) groups is 1. The molecule has 6 nitrogen and oxygen atoms in total. The van der Waals surface area contributed by atoms with Gasteiger partial charge in [0.25, 0.3) is 0 Å². The zero-order valence-corrected chi connectivity index (χ0v) is 10.9. The Kier molecular flexibility index (Phi) is 4.83. The van der Waals surface area contributed by atoms with Crippen LogP contribution in [-0.2, 0) is 19.6 Å². The van der Waals surface area contributed by atoms with E-state index in [4.69, 9.17) is 5.11 Å². The van der Waals surface area contributed by atoms with Gasteiger partial charge in [0.15, 0.2) is 6.10 Å². The molecule has 0 saturated carbocycles. The summed E-state index contributed by atoms with van der Waals surface area (Å²) in [4.78, 5) is 10.8. The fourth-order valence-corrected chi connectivity index (χ4v) is 2.46. The molecule has 0 spiro atoms. The van der Waals surface area contributed by atoms with Gasteiger partial charge < -0.3 is 9.84 Å². The SMILES string of the molecule is COC(CNS(=O)(=O)c1cccc(C)c1)C(=O)O. The first-order valence-electron chi connectivity index (χ1n) is 5.19. The minimum atomic E-state index is -3.71. The predicted octanol–water partition coefficient (Wildman–Crippen LogP) is 0.373. The number of carboxylic acids is 1. The number of methoxy groups -OCH3 is 1. The van der Waals surface area contributed by atoms with Crippen LogP contribution in [0.3, 0.4) is 0 Å². The van der Waals surface area contributed by atoms with Crippen LogP contribution in [0.25, 0.3) is 0 Å². The van der Waals surface area contributed by atoms with Crippen molar-refractivity contribution in [2.75, 3.05) is 13.7 Å². The van der Waals surface area contributed by atoms with Crippen LogP contribution < -0.4 is 4.72 Å². The monoisotopic (exact) mass is 273 g/mol. The van der Waals surface area contributed by atoms with Crippen LogP contribution in [0.5, 0.6) is 0 Å². The standard InChI is InChI=1S/C11H15NO5S/c1-8-4-3-5-9(6-8)18(15,16)12-7-10(17-2)11(13)14/h3-6,10,12H,7H2,1-2H3,(H,13,14). The molecule has 0 amide bonds. The maximum Gasteiger partial charge on any atom is 0.334 e. The fraction of sp³-hybridized carbons (Fsp3) is 0.364. The molecule has 0 aliphatic rings. The lowest BCUT2D eigenvalue weighted by atomic mass is 10.2. The summed E-state index contributed by atoms with van der Waals surface area (Å²) in [7, 11) is -2.51. The lowest BCUT2D eigenvalue weighted by molar-refractivity contribution is -0.147. The van der Waals surface area contributed by atoms with Crippen molar-refractivity contribution >= 4 is 16.0 Å². The molecule has 1 aromatic carbocycles. The topological polar surface area (TPSA) is 92.7 Å². The van der Waals surface area contributed by atoms with E-state index in [0.29, 0.717) is 0 Å². The van der Waals surface area contributed by atoms with Crippen molar-refractivity contribution in [1.29, 1.82) is 0 Å². The molecule has 0 heterocycles. The van der Waals surface area contributed by atoms with Crippen molar-refractivity contribution in [2.24, 2.45) is 0 Å². The van der Waals surface area contributed by atoms with Crippen molar-refractivity contribution in [1.82, 2.24) is 4.72 Å². The lowest BCUT2D eigenvalue weighted by Gasteiger charge is -2.12. The predicted molar refractivity (Wildman–Crippen MR) is 64.8 cm³/mol. The highest BCUT2D eigenvalue weighted by atomic mass is 32.2. The number of aryl methyl sites for hydroxylation is 1. The molecule has 0 aliphatic carbocycles. The number of rotatable bonds is 6. The van der Waals surface area contributed by atoms with E-state index < -0.39 is 22.1 Å². The number of benzene rings is 1. The highest BCUT2D eigenvalue weighted by Gasteiger charge is 2.21. The number of hydrogen-bond donors (Lipinski definition) is 2. The van der Waals surface area contributed by atoms with Gasteiger partial charge in [0.1, 0.15) is 0 Å². The first-order valence-corrected chi connectivity index (χ1v) is 6.67. The van der Waals surface area contributed by atoms with Crippen LogP contribution in [0.4, 0.5) is 0 Å². The summed E-state index contributed by atoms with van der Waals surface area (Å²) in [5.74, 6) is -1.22. The zero-order valence-electron chi connectivity index (χ0n) is 10.1. The van der Waals surface area contributed by atoms with E-state index in [1.807, 2.05) is 0 Å². The Hall–Kier alpha value is -1.44. The highest BCUT2D eigenvalue weighted by molar-refractivity contribution is 7.89. The van der Waals surface area contributed by atoms with Crippen LogP contribution in [0.15, 0.2) is 29.2 Å². The fourth-order valence-electron chi connectivity index (χ4n) is 1.32. The van der Waals surface area contributed by atoms with E-state index >= 15 is 0 Å². The molecule has 1 rings (SSSR count). The largest absolute Gasteiger partial charge is 0.479 e. The molecule has 0 fully saturated rings. The van der Waals surface area contributed by atoms with Gasteiger partial charge in [-0.05, 0) is 24.6 Å². The lowest BCUT2D eigenvalue weighted by Crippen LogP contribution is -2.37. The van der Waals surface area contributed by atoms with Crippen molar-refractivity contribution in [3.63, 3.8) is 0 Å². The van der Waals surface area contributed by atoms with Crippen LogP contribution in [0.2, 0.25) is 0 Å². The zero-order chi connectivity index (χ0) is 13.8. The van der Waals surface area contributed by atoms with Gasteiger partial charge in [0.05, 0.1) is 4.90 Å². The molecule has 0 saturated heterocycles. The van der Waals surface area contributed by atoms with Gasteiger partial charge in [0, 0.05) is 13.7 Å².